The Labute approximate surface area is 165 Å². The summed E-state index contributed by atoms with van der Waals surface area (Å²) in [4.78, 5) is 4.81. The van der Waals surface area contributed by atoms with Gasteiger partial charge in [0.05, 0.1) is 6.67 Å². The molecule has 4 heteroatoms. The second kappa shape index (κ2) is 11.3. The Kier molecular flexibility index (Phi) is 8.47. The summed E-state index contributed by atoms with van der Waals surface area (Å²) < 4.78 is 0. The van der Waals surface area contributed by atoms with Crippen LogP contribution in [0.4, 0.5) is 5.69 Å². The lowest BCUT2D eigenvalue weighted by Gasteiger charge is -2.25. The number of rotatable bonds is 8. The smallest absolute Gasteiger partial charge is 0.131 e. The van der Waals surface area contributed by atoms with E-state index in [1.807, 2.05) is 7.05 Å². The lowest BCUT2D eigenvalue weighted by atomic mass is 9.89. The highest BCUT2D eigenvalue weighted by atomic mass is 15.1. The molecule has 2 aliphatic rings. The minimum atomic E-state index is 0.643. The van der Waals surface area contributed by atoms with Crippen molar-refractivity contribution in [3.63, 3.8) is 0 Å². The molecular formula is C23H38N4. The zero-order valence-electron chi connectivity index (χ0n) is 17.1. The van der Waals surface area contributed by atoms with Gasteiger partial charge in [-0.15, -0.1) is 0 Å². The molecule has 0 unspecified atom stereocenters. The number of anilines is 1. The van der Waals surface area contributed by atoms with Crippen LogP contribution in [0.15, 0.2) is 29.3 Å². The topological polar surface area (TPSA) is 48.5 Å². The molecule has 27 heavy (non-hydrogen) atoms. The van der Waals surface area contributed by atoms with Crippen LogP contribution >= 0.6 is 0 Å². The second-order valence-electron chi connectivity index (χ2n) is 8.33. The Morgan fingerprint density at radius 1 is 0.889 bits per heavy atom. The fourth-order valence-electron chi connectivity index (χ4n) is 4.52. The van der Waals surface area contributed by atoms with Crippen molar-refractivity contribution in [3.05, 3.63) is 29.8 Å². The third-order valence-corrected chi connectivity index (χ3v) is 6.17. The normalized spacial score (nSPS) is 19.8. The lowest BCUT2D eigenvalue weighted by molar-refractivity contribution is 0.357. The van der Waals surface area contributed by atoms with Crippen molar-refractivity contribution < 1.29 is 0 Å². The summed E-state index contributed by atoms with van der Waals surface area (Å²) in [6, 6.07) is 8.66. The molecule has 1 aromatic carbocycles. The van der Waals surface area contributed by atoms with Gasteiger partial charge in [-0.1, -0.05) is 50.7 Å². The SMILES string of the molecule is CNC/N=C(/NCC1CCCCC1)c1ccccc1NCC1CCCCC1. The molecule has 0 heterocycles. The molecule has 0 aliphatic heterocycles. The highest BCUT2D eigenvalue weighted by molar-refractivity contribution is 6.03. The maximum Gasteiger partial charge on any atom is 0.131 e. The summed E-state index contributed by atoms with van der Waals surface area (Å²) in [5, 5.41) is 10.6. The summed E-state index contributed by atoms with van der Waals surface area (Å²) >= 11 is 0. The summed E-state index contributed by atoms with van der Waals surface area (Å²) in [7, 11) is 1.95. The second-order valence-corrected chi connectivity index (χ2v) is 8.33. The first-order valence-corrected chi connectivity index (χ1v) is 11.1. The fourth-order valence-corrected chi connectivity index (χ4v) is 4.52. The average molecular weight is 371 g/mol. The van der Waals surface area contributed by atoms with Crippen LogP contribution in [-0.2, 0) is 0 Å². The van der Waals surface area contributed by atoms with E-state index in [9.17, 15) is 0 Å². The van der Waals surface area contributed by atoms with Gasteiger partial charge in [0, 0.05) is 24.3 Å². The molecule has 150 valence electrons. The van der Waals surface area contributed by atoms with E-state index in [0.717, 1.165) is 30.8 Å². The molecule has 0 spiro atoms. The van der Waals surface area contributed by atoms with Gasteiger partial charge in [0.1, 0.15) is 5.84 Å². The molecule has 3 rings (SSSR count). The van der Waals surface area contributed by atoms with Crippen LogP contribution in [0.3, 0.4) is 0 Å². The van der Waals surface area contributed by atoms with E-state index in [0.29, 0.717) is 6.67 Å². The minimum Gasteiger partial charge on any atom is -0.384 e. The van der Waals surface area contributed by atoms with Gasteiger partial charge in [-0.25, -0.2) is 0 Å². The number of nitrogens with zero attached hydrogens (tertiary/aromatic N) is 1. The Hall–Kier alpha value is -1.55. The first kappa shape index (κ1) is 20.2. The van der Waals surface area contributed by atoms with Crippen molar-refractivity contribution in [3.8, 4) is 0 Å². The molecule has 0 bridgehead atoms. The van der Waals surface area contributed by atoms with Crippen molar-refractivity contribution in [1.82, 2.24) is 10.6 Å². The lowest BCUT2D eigenvalue weighted by Crippen LogP contribution is -2.32. The molecule has 1 aromatic rings. The van der Waals surface area contributed by atoms with Crippen molar-refractivity contribution in [2.45, 2.75) is 64.2 Å². The maximum atomic E-state index is 4.81. The van der Waals surface area contributed by atoms with Crippen molar-refractivity contribution in [1.29, 1.82) is 0 Å². The van der Waals surface area contributed by atoms with Crippen molar-refractivity contribution in [2.75, 3.05) is 32.1 Å². The van der Waals surface area contributed by atoms with Gasteiger partial charge in [0.15, 0.2) is 0 Å². The predicted octanol–water partition coefficient (Wildman–Crippen LogP) is 4.77. The highest BCUT2D eigenvalue weighted by Crippen LogP contribution is 2.25. The summed E-state index contributed by atoms with van der Waals surface area (Å²) in [6.07, 6.45) is 13.8. The summed E-state index contributed by atoms with van der Waals surface area (Å²) in [5.74, 6) is 2.64. The van der Waals surface area contributed by atoms with Crippen LogP contribution in [0.2, 0.25) is 0 Å². The van der Waals surface area contributed by atoms with Gasteiger partial charge in [0.25, 0.3) is 0 Å². The van der Waals surface area contributed by atoms with E-state index >= 15 is 0 Å². The number of hydrogen-bond donors (Lipinski definition) is 3. The standard InChI is InChI=1S/C23H38N4/c1-24-18-27-23(26-17-20-12-6-3-7-13-20)21-14-8-9-15-22(21)25-16-19-10-4-2-5-11-19/h8-9,14-15,19-20,24-25H,2-7,10-13,16-18H2,1H3,(H,26,27). The highest BCUT2D eigenvalue weighted by Gasteiger charge is 2.17. The number of amidine groups is 1. The molecular weight excluding hydrogens is 332 g/mol. The predicted molar refractivity (Wildman–Crippen MR) is 117 cm³/mol. The molecule has 0 amide bonds. The zero-order chi connectivity index (χ0) is 18.7. The zero-order valence-corrected chi connectivity index (χ0v) is 17.1. The van der Waals surface area contributed by atoms with E-state index in [4.69, 9.17) is 4.99 Å². The van der Waals surface area contributed by atoms with Crippen LogP contribution in [0.25, 0.3) is 0 Å². The van der Waals surface area contributed by atoms with Crippen LogP contribution in [0, 0.1) is 11.8 Å². The monoisotopic (exact) mass is 370 g/mol. The third kappa shape index (κ3) is 6.53. The first-order valence-electron chi connectivity index (χ1n) is 11.1. The molecule has 0 radical (unpaired) electrons. The number of benzene rings is 1. The molecule has 2 saturated carbocycles. The minimum absolute atomic E-state index is 0.643. The van der Waals surface area contributed by atoms with E-state index in [1.165, 1.54) is 75.5 Å². The van der Waals surface area contributed by atoms with Gasteiger partial charge in [-0.3, -0.25) is 4.99 Å². The Bertz CT molecular complexity index is 571. The Morgan fingerprint density at radius 2 is 1.52 bits per heavy atom. The van der Waals surface area contributed by atoms with Crippen LogP contribution < -0.4 is 16.0 Å². The summed E-state index contributed by atoms with van der Waals surface area (Å²) in [6.45, 7) is 2.77. The third-order valence-electron chi connectivity index (χ3n) is 6.17. The van der Waals surface area contributed by atoms with Gasteiger partial charge in [-0.05, 0) is 56.7 Å². The average Bonchev–Trinajstić information content (AvgIpc) is 2.74. The fraction of sp³-hybridized carbons (Fsp3) is 0.696. The Morgan fingerprint density at radius 3 is 2.19 bits per heavy atom. The summed E-state index contributed by atoms with van der Waals surface area (Å²) in [5.41, 5.74) is 2.42. The van der Waals surface area contributed by atoms with Crippen LogP contribution in [0.5, 0.6) is 0 Å². The molecule has 4 nitrogen and oxygen atoms in total. The molecule has 0 saturated heterocycles. The van der Waals surface area contributed by atoms with Crippen molar-refractivity contribution in [2.24, 2.45) is 16.8 Å². The molecule has 0 aromatic heterocycles. The van der Waals surface area contributed by atoms with Gasteiger partial charge >= 0.3 is 0 Å². The van der Waals surface area contributed by atoms with Gasteiger partial charge in [-0.2, -0.15) is 0 Å². The van der Waals surface area contributed by atoms with E-state index < -0.39 is 0 Å². The Balaban J connectivity index is 1.65. The van der Waals surface area contributed by atoms with Crippen molar-refractivity contribution >= 4 is 11.5 Å². The van der Waals surface area contributed by atoms with Crippen LogP contribution in [0.1, 0.15) is 69.8 Å². The molecule has 2 fully saturated rings. The molecule has 0 atom stereocenters. The van der Waals surface area contributed by atoms with Crippen LogP contribution in [-0.4, -0.2) is 32.6 Å². The largest absolute Gasteiger partial charge is 0.384 e. The van der Waals surface area contributed by atoms with E-state index in [2.05, 4.69) is 40.2 Å². The molecule has 3 N–H and O–H groups in total. The number of nitrogens with one attached hydrogen (secondary N) is 3. The van der Waals surface area contributed by atoms with Gasteiger partial charge in [0.2, 0.25) is 0 Å². The van der Waals surface area contributed by atoms with E-state index in [-0.39, 0.29) is 0 Å². The first-order chi connectivity index (χ1) is 13.4. The number of aliphatic imine (C=N–C) groups is 1. The molecule has 2 aliphatic carbocycles. The maximum absolute atomic E-state index is 4.81. The van der Waals surface area contributed by atoms with E-state index in [1.54, 1.807) is 0 Å². The number of hydrogen-bond acceptors (Lipinski definition) is 3. The number of para-hydroxylation sites is 1. The quantitative estimate of drug-likeness (QED) is 0.456. The van der Waals surface area contributed by atoms with Gasteiger partial charge < -0.3 is 16.0 Å².